The molecule has 96 valence electrons. The van der Waals surface area contributed by atoms with Crippen LogP contribution < -0.4 is 10.2 Å². The van der Waals surface area contributed by atoms with Gasteiger partial charge in [0, 0.05) is 24.8 Å². The third-order valence-corrected chi connectivity index (χ3v) is 3.20. The zero-order valence-electron chi connectivity index (χ0n) is 11.7. The number of hydrogen-bond acceptors (Lipinski definition) is 2. The Balaban J connectivity index is 2.77. The Hall–Kier alpha value is -1.02. The largest absolute Gasteiger partial charge is 0.372 e. The molecule has 0 saturated carbocycles. The molecular weight excluding hydrogens is 208 g/mol. The lowest BCUT2D eigenvalue weighted by Gasteiger charge is -2.23. The first-order chi connectivity index (χ1) is 8.22. The molecule has 2 heteroatoms. The number of rotatable bonds is 7. The lowest BCUT2D eigenvalue weighted by molar-refractivity contribution is 0.570. The molecule has 0 aromatic heterocycles. The van der Waals surface area contributed by atoms with E-state index < -0.39 is 0 Å². The summed E-state index contributed by atoms with van der Waals surface area (Å²) < 4.78 is 0. The van der Waals surface area contributed by atoms with Crippen LogP contribution in [0.2, 0.25) is 0 Å². The fraction of sp³-hybridized carbons (Fsp3) is 0.600. The van der Waals surface area contributed by atoms with E-state index in [1.807, 2.05) is 0 Å². The van der Waals surface area contributed by atoms with Gasteiger partial charge in [-0.05, 0) is 51.4 Å². The summed E-state index contributed by atoms with van der Waals surface area (Å²) in [5, 5.41) is 3.53. The molecule has 0 saturated heterocycles. The van der Waals surface area contributed by atoms with Crippen LogP contribution in [-0.2, 0) is 0 Å². The SMILES string of the molecule is CCCNC(C)c1cccc(N(CC)CC)c1. The molecular formula is C15H26N2. The zero-order chi connectivity index (χ0) is 12.7. The van der Waals surface area contributed by atoms with Crippen molar-refractivity contribution in [3.8, 4) is 0 Å². The van der Waals surface area contributed by atoms with Gasteiger partial charge in [0.05, 0.1) is 0 Å². The first-order valence-electron chi connectivity index (χ1n) is 6.81. The van der Waals surface area contributed by atoms with E-state index in [4.69, 9.17) is 0 Å². The Kier molecular flexibility index (Phi) is 6.06. The molecule has 0 aliphatic carbocycles. The normalized spacial score (nSPS) is 12.5. The predicted octanol–water partition coefficient (Wildman–Crippen LogP) is 3.59. The monoisotopic (exact) mass is 234 g/mol. The highest BCUT2D eigenvalue weighted by Crippen LogP contribution is 2.20. The molecule has 0 fully saturated rings. The van der Waals surface area contributed by atoms with Gasteiger partial charge in [0.25, 0.3) is 0 Å². The van der Waals surface area contributed by atoms with Gasteiger partial charge in [-0.2, -0.15) is 0 Å². The highest BCUT2D eigenvalue weighted by Gasteiger charge is 2.07. The lowest BCUT2D eigenvalue weighted by Crippen LogP contribution is -2.23. The number of benzene rings is 1. The summed E-state index contributed by atoms with van der Waals surface area (Å²) in [7, 11) is 0. The average Bonchev–Trinajstić information content (AvgIpc) is 2.38. The van der Waals surface area contributed by atoms with Crippen LogP contribution in [0, 0.1) is 0 Å². The highest BCUT2D eigenvalue weighted by molar-refractivity contribution is 5.49. The number of anilines is 1. The second-order valence-corrected chi connectivity index (χ2v) is 4.44. The van der Waals surface area contributed by atoms with E-state index in [9.17, 15) is 0 Å². The Morgan fingerprint density at radius 2 is 1.88 bits per heavy atom. The second-order valence-electron chi connectivity index (χ2n) is 4.44. The topological polar surface area (TPSA) is 15.3 Å². The fourth-order valence-electron chi connectivity index (χ4n) is 2.06. The van der Waals surface area contributed by atoms with Gasteiger partial charge in [0.15, 0.2) is 0 Å². The van der Waals surface area contributed by atoms with Crippen LogP contribution >= 0.6 is 0 Å². The molecule has 0 aliphatic heterocycles. The van der Waals surface area contributed by atoms with Gasteiger partial charge >= 0.3 is 0 Å². The van der Waals surface area contributed by atoms with E-state index >= 15 is 0 Å². The first kappa shape index (κ1) is 14.0. The third-order valence-electron chi connectivity index (χ3n) is 3.20. The molecule has 0 amide bonds. The van der Waals surface area contributed by atoms with Gasteiger partial charge in [-0.25, -0.2) is 0 Å². The first-order valence-corrected chi connectivity index (χ1v) is 6.81. The summed E-state index contributed by atoms with van der Waals surface area (Å²) >= 11 is 0. The van der Waals surface area contributed by atoms with Crippen LogP contribution in [0.1, 0.15) is 45.7 Å². The number of nitrogens with one attached hydrogen (secondary N) is 1. The van der Waals surface area contributed by atoms with Crippen molar-refractivity contribution in [1.82, 2.24) is 5.32 Å². The van der Waals surface area contributed by atoms with E-state index in [0.717, 1.165) is 19.6 Å². The van der Waals surface area contributed by atoms with Crippen molar-refractivity contribution in [3.63, 3.8) is 0 Å². The van der Waals surface area contributed by atoms with Gasteiger partial charge < -0.3 is 10.2 Å². The molecule has 0 bridgehead atoms. The van der Waals surface area contributed by atoms with Crippen molar-refractivity contribution in [2.45, 2.75) is 40.2 Å². The molecule has 17 heavy (non-hydrogen) atoms. The molecule has 0 radical (unpaired) electrons. The van der Waals surface area contributed by atoms with E-state index in [0.29, 0.717) is 6.04 Å². The molecule has 0 aliphatic rings. The maximum atomic E-state index is 3.53. The predicted molar refractivity (Wildman–Crippen MR) is 76.7 cm³/mol. The van der Waals surface area contributed by atoms with Crippen LogP contribution in [0.3, 0.4) is 0 Å². The summed E-state index contributed by atoms with van der Waals surface area (Å²) in [5.74, 6) is 0. The fourth-order valence-corrected chi connectivity index (χ4v) is 2.06. The van der Waals surface area contributed by atoms with Gasteiger partial charge in [-0.15, -0.1) is 0 Å². The zero-order valence-corrected chi connectivity index (χ0v) is 11.7. The summed E-state index contributed by atoms with van der Waals surface area (Å²) in [6.07, 6.45) is 1.18. The summed E-state index contributed by atoms with van der Waals surface area (Å²) in [6.45, 7) is 12.1. The van der Waals surface area contributed by atoms with Crippen molar-refractivity contribution in [1.29, 1.82) is 0 Å². The Morgan fingerprint density at radius 1 is 1.18 bits per heavy atom. The Bertz CT molecular complexity index is 318. The van der Waals surface area contributed by atoms with E-state index in [-0.39, 0.29) is 0 Å². The Labute approximate surface area is 106 Å². The molecule has 0 heterocycles. The molecule has 1 atom stereocenters. The maximum Gasteiger partial charge on any atom is 0.0369 e. The minimum Gasteiger partial charge on any atom is -0.372 e. The van der Waals surface area contributed by atoms with Crippen molar-refractivity contribution >= 4 is 5.69 Å². The van der Waals surface area contributed by atoms with Crippen molar-refractivity contribution < 1.29 is 0 Å². The molecule has 1 aromatic carbocycles. The smallest absolute Gasteiger partial charge is 0.0369 e. The minimum atomic E-state index is 0.436. The van der Waals surface area contributed by atoms with Crippen molar-refractivity contribution in [2.75, 3.05) is 24.5 Å². The van der Waals surface area contributed by atoms with E-state index in [2.05, 4.69) is 62.2 Å². The average molecular weight is 234 g/mol. The highest BCUT2D eigenvalue weighted by atomic mass is 15.1. The number of nitrogens with zero attached hydrogens (tertiary/aromatic N) is 1. The Morgan fingerprint density at radius 3 is 2.47 bits per heavy atom. The van der Waals surface area contributed by atoms with E-state index in [1.165, 1.54) is 17.7 Å². The molecule has 0 spiro atoms. The second kappa shape index (κ2) is 7.33. The maximum absolute atomic E-state index is 3.53. The van der Waals surface area contributed by atoms with Gasteiger partial charge in [0.1, 0.15) is 0 Å². The van der Waals surface area contributed by atoms with Crippen LogP contribution in [0.15, 0.2) is 24.3 Å². The molecule has 1 N–H and O–H groups in total. The summed E-state index contributed by atoms with van der Waals surface area (Å²) in [6, 6.07) is 9.31. The van der Waals surface area contributed by atoms with Crippen LogP contribution in [0.4, 0.5) is 5.69 Å². The standard InChI is InChI=1S/C15H26N2/c1-5-11-16-13(4)14-9-8-10-15(12-14)17(6-2)7-3/h8-10,12-13,16H,5-7,11H2,1-4H3. The van der Waals surface area contributed by atoms with Crippen LogP contribution in [0.5, 0.6) is 0 Å². The minimum absolute atomic E-state index is 0.436. The molecule has 1 unspecified atom stereocenters. The van der Waals surface area contributed by atoms with Gasteiger partial charge in [-0.3, -0.25) is 0 Å². The number of hydrogen-bond donors (Lipinski definition) is 1. The lowest BCUT2D eigenvalue weighted by atomic mass is 10.1. The van der Waals surface area contributed by atoms with Gasteiger partial charge in [0.2, 0.25) is 0 Å². The summed E-state index contributed by atoms with van der Waals surface area (Å²) in [5.41, 5.74) is 2.71. The van der Waals surface area contributed by atoms with Crippen LogP contribution in [-0.4, -0.2) is 19.6 Å². The molecule has 1 rings (SSSR count). The third kappa shape index (κ3) is 4.04. The quantitative estimate of drug-likeness (QED) is 0.775. The molecule has 2 nitrogen and oxygen atoms in total. The van der Waals surface area contributed by atoms with Crippen molar-refractivity contribution in [2.24, 2.45) is 0 Å². The molecule has 1 aromatic rings. The summed E-state index contributed by atoms with van der Waals surface area (Å²) in [4.78, 5) is 2.38. The van der Waals surface area contributed by atoms with Gasteiger partial charge in [-0.1, -0.05) is 19.1 Å². The van der Waals surface area contributed by atoms with E-state index in [1.54, 1.807) is 0 Å². The van der Waals surface area contributed by atoms with Crippen LogP contribution in [0.25, 0.3) is 0 Å². The van der Waals surface area contributed by atoms with Crippen molar-refractivity contribution in [3.05, 3.63) is 29.8 Å².